The zero-order chi connectivity index (χ0) is 21.1. The summed E-state index contributed by atoms with van der Waals surface area (Å²) in [6, 6.07) is 6.46. The van der Waals surface area contributed by atoms with Crippen molar-refractivity contribution in [3.8, 4) is 17.2 Å². The van der Waals surface area contributed by atoms with Crippen molar-refractivity contribution in [1.29, 1.82) is 0 Å². The van der Waals surface area contributed by atoms with Gasteiger partial charge in [-0.25, -0.2) is 0 Å². The van der Waals surface area contributed by atoms with Crippen molar-refractivity contribution in [2.45, 2.75) is 18.9 Å². The molecule has 9 heteroatoms. The summed E-state index contributed by atoms with van der Waals surface area (Å²) < 4.78 is 26.9. The summed E-state index contributed by atoms with van der Waals surface area (Å²) in [6.07, 6.45) is -0.117. The summed E-state index contributed by atoms with van der Waals surface area (Å²) >= 11 is 0. The number of benzene rings is 1. The lowest BCUT2D eigenvalue weighted by Crippen LogP contribution is -2.35. The predicted octanol–water partition coefficient (Wildman–Crippen LogP) is 1.60. The van der Waals surface area contributed by atoms with E-state index in [0.717, 1.165) is 0 Å². The van der Waals surface area contributed by atoms with Crippen molar-refractivity contribution in [3.63, 3.8) is 0 Å². The molecule has 0 saturated carbocycles. The van der Waals surface area contributed by atoms with Crippen molar-refractivity contribution in [1.82, 2.24) is 4.90 Å². The van der Waals surface area contributed by atoms with Gasteiger partial charge < -0.3 is 28.5 Å². The number of morpholine rings is 1. The molecule has 1 saturated heterocycles. The maximum absolute atomic E-state index is 12.5. The number of nitrogens with zero attached hydrogens (tertiary/aromatic N) is 1. The topological polar surface area (TPSA) is 108 Å². The minimum atomic E-state index is -0.732. The van der Waals surface area contributed by atoms with Gasteiger partial charge in [0.2, 0.25) is 18.0 Å². The Morgan fingerprint density at radius 2 is 1.97 bits per heavy atom. The van der Waals surface area contributed by atoms with Gasteiger partial charge in [0.15, 0.2) is 17.3 Å². The number of esters is 1. The van der Waals surface area contributed by atoms with E-state index in [4.69, 9.17) is 23.4 Å². The van der Waals surface area contributed by atoms with E-state index in [1.165, 1.54) is 13.2 Å². The largest absolute Gasteiger partial charge is 0.502 e. The fourth-order valence-corrected chi connectivity index (χ4v) is 3.59. The smallest absolute Gasteiger partial charge is 0.306 e. The van der Waals surface area contributed by atoms with Gasteiger partial charge in [0.05, 0.1) is 39.2 Å². The molecule has 1 aromatic carbocycles. The highest BCUT2D eigenvalue weighted by Crippen LogP contribution is 2.39. The Kier molecular flexibility index (Phi) is 5.91. The van der Waals surface area contributed by atoms with Gasteiger partial charge in [-0.1, -0.05) is 6.07 Å². The SMILES string of the molecule is COC(=O)C[C@@H](c1ccc2c(c1)OCO2)c1oc(CN2CCOCC2)cc(=O)c1O. The first-order valence-corrected chi connectivity index (χ1v) is 9.67. The highest BCUT2D eigenvalue weighted by Gasteiger charge is 2.28. The Balaban J connectivity index is 1.71. The standard InChI is InChI=1S/C21H23NO8/c1-26-19(24)10-15(13-2-3-17-18(8-13)29-12-28-17)21-20(25)16(23)9-14(30-21)11-22-4-6-27-7-5-22/h2-3,8-9,15,25H,4-7,10-12H2,1H3/t15-/m0/s1. The molecule has 1 aromatic heterocycles. The zero-order valence-corrected chi connectivity index (χ0v) is 16.6. The molecule has 0 amide bonds. The van der Waals surface area contributed by atoms with Crippen LogP contribution < -0.4 is 14.9 Å². The van der Waals surface area contributed by atoms with Crippen LogP contribution in [0.15, 0.2) is 33.5 Å². The van der Waals surface area contributed by atoms with Gasteiger partial charge in [0.1, 0.15) is 5.76 Å². The quantitative estimate of drug-likeness (QED) is 0.701. The van der Waals surface area contributed by atoms with E-state index >= 15 is 0 Å². The third-order valence-corrected chi connectivity index (χ3v) is 5.20. The summed E-state index contributed by atoms with van der Waals surface area (Å²) in [5.74, 6) is -0.216. The first-order chi connectivity index (χ1) is 14.5. The van der Waals surface area contributed by atoms with Gasteiger partial charge in [0, 0.05) is 19.2 Å². The molecular weight excluding hydrogens is 394 g/mol. The van der Waals surface area contributed by atoms with Gasteiger partial charge in [-0.15, -0.1) is 0 Å². The van der Waals surface area contributed by atoms with Crippen LogP contribution in [0.1, 0.15) is 29.4 Å². The van der Waals surface area contributed by atoms with Crippen LogP contribution in [-0.4, -0.2) is 56.2 Å². The van der Waals surface area contributed by atoms with E-state index in [-0.39, 0.29) is 19.0 Å². The molecule has 0 unspecified atom stereocenters. The van der Waals surface area contributed by atoms with Crippen LogP contribution in [0.3, 0.4) is 0 Å². The molecule has 9 nitrogen and oxygen atoms in total. The van der Waals surface area contributed by atoms with Crippen molar-refractivity contribution < 1.29 is 33.3 Å². The Labute approximate surface area is 172 Å². The van der Waals surface area contributed by atoms with Crippen LogP contribution in [0.25, 0.3) is 0 Å². The number of hydrogen-bond donors (Lipinski definition) is 1. The summed E-state index contributed by atoms with van der Waals surface area (Å²) in [5, 5.41) is 10.5. The van der Waals surface area contributed by atoms with Crippen LogP contribution in [0.4, 0.5) is 0 Å². The summed E-state index contributed by atoms with van der Waals surface area (Å²) in [7, 11) is 1.28. The second-order valence-electron chi connectivity index (χ2n) is 7.12. The number of rotatable bonds is 6. The van der Waals surface area contributed by atoms with Gasteiger partial charge >= 0.3 is 5.97 Å². The molecule has 30 heavy (non-hydrogen) atoms. The van der Waals surface area contributed by atoms with Crippen LogP contribution >= 0.6 is 0 Å². The molecule has 2 aliphatic heterocycles. The Hall–Kier alpha value is -3.04. The molecule has 4 rings (SSSR count). The highest BCUT2D eigenvalue weighted by molar-refractivity contribution is 5.71. The van der Waals surface area contributed by atoms with E-state index in [2.05, 4.69) is 4.90 Å². The third-order valence-electron chi connectivity index (χ3n) is 5.20. The van der Waals surface area contributed by atoms with E-state index in [1.807, 2.05) is 0 Å². The molecule has 3 heterocycles. The molecule has 0 bridgehead atoms. The Morgan fingerprint density at radius 1 is 1.20 bits per heavy atom. The minimum Gasteiger partial charge on any atom is -0.502 e. The van der Waals surface area contributed by atoms with Gasteiger partial charge in [-0.05, 0) is 17.7 Å². The van der Waals surface area contributed by atoms with Crippen molar-refractivity contribution >= 4 is 5.97 Å². The molecule has 1 N–H and O–H groups in total. The number of hydrogen-bond acceptors (Lipinski definition) is 9. The van der Waals surface area contributed by atoms with E-state index in [9.17, 15) is 14.7 Å². The zero-order valence-electron chi connectivity index (χ0n) is 16.6. The average Bonchev–Trinajstić information content (AvgIpc) is 3.23. The van der Waals surface area contributed by atoms with E-state index in [1.54, 1.807) is 18.2 Å². The highest BCUT2D eigenvalue weighted by atomic mass is 16.7. The van der Waals surface area contributed by atoms with Gasteiger partial charge in [-0.2, -0.15) is 0 Å². The van der Waals surface area contributed by atoms with Crippen LogP contribution in [0, 0.1) is 0 Å². The number of carbonyl (C=O) groups excluding carboxylic acids is 1. The lowest BCUT2D eigenvalue weighted by molar-refractivity contribution is -0.140. The van der Waals surface area contributed by atoms with Crippen LogP contribution in [-0.2, 0) is 20.8 Å². The van der Waals surface area contributed by atoms with Crippen molar-refractivity contribution in [2.24, 2.45) is 0 Å². The summed E-state index contributed by atoms with van der Waals surface area (Å²) in [6.45, 7) is 3.16. The number of fused-ring (bicyclic) bond motifs is 1. The fraction of sp³-hybridized carbons (Fsp3) is 0.429. The molecule has 0 spiro atoms. The monoisotopic (exact) mass is 417 g/mol. The Morgan fingerprint density at radius 3 is 2.73 bits per heavy atom. The number of methoxy groups -OCH3 is 1. The normalized spacial score (nSPS) is 17.0. The first kappa shape index (κ1) is 20.2. The second-order valence-corrected chi connectivity index (χ2v) is 7.12. The molecule has 160 valence electrons. The lowest BCUT2D eigenvalue weighted by atomic mass is 9.92. The summed E-state index contributed by atoms with van der Waals surface area (Å²) in [4.78, 5) is 26.7. The number of aromatic hydroxyl groups is 1. The molecule has 1 fully saturated rings. The van der Waals surface area contributed by atoms with Crippen molar-refractivity contribution in [3.05, 3.63) is 51.6 Å². The molecule has 0 radical (unpaired) electrons. The second kappa shape index (κ2) is 8.76. The maximum atomic E-state index is 12.5. The number of carbonyl (C=O) groups is 1. The van der Waals surface area contributed by atoms with Crippen LogP contribution in [0.5, 0.6) is 17.2 Å². The molecule has 2 aliphatic rings. The maximum Gasteiger partial charge on any atom is 0.306 e. The van der Waals surface area contributed by atoms with E-state index in [0.29, 0.717) is 55.7 Å². The fourth-order valence-electron chi connectivity index (χ4n) is 3.59. The molecule has 0 aliphatic carbocycles. The number of ether oxygens (including phenoxy) is 4. The predicted molar refractivity (Wildman–Crippen MR) is 104 cm³/mol. The molecule has 2 aromatic rings. The lowest BCUT2D eigenvalue weighted by Gasteiger charge is -2.26. The van der Waals surface area contributed by atoms with Gasteiger partial charge in [0.25, 0.3) is 0 Å². The first-order valence-electron chi connectivity index (χ1n) is 9.67. The van der Waals surface area contributed by atoms with Crippen LogP contribution in [0.2, 0.25) is 0 Å². The Bertz CT molecular complexity index is 979. The molecule has 1 atom stereocenters. The van der Waals surface area contributed by atoms with Gasteiger partial charge in [-0.3, -0.25) is 14.5 Å². The van der Waals surface area contributed by atoms with Crippen molar-refractivity contribution in [2.75, 3.05) is 40.2 Å². The average molecular weight is 417 g/mol. The van der Waals surface area contributed by atoms with E-state index < -0.39 is 23.1 Å². The summed E-state index contributed by atoms with van der Waals surface area (Å²) in [5.41, 5.74) is 0.0711. The molecular formula is C21H23NO8. The minimum absolute atomic E-state index is 0.0232. The third kappa shape index (κ3) is 4.27.